The molecule has 28 heavy (non-hydrogen) atoms. The first-order chi connectivity index (χ1) is 13.3. The van der Waals surface area contributed by atoms with Crippen LogP contribution in [0.4, 0.5) is 5.69 Å². The highest BCUT2D eigenvalue weighted by Crippen LogP contribution is 2.13. The van der Waals surface area contributed by atoms with E-state index in [4.69, 9.17) is 0 Å². The van der Waals surface area contributed by atoms with E-state index in [0.717, 1.165) is 16.5 Å². The molecule has 150 valence electrons. The zero-order chi connectivity index (χ0) is 20.6. The lowest BCUT2D eigenvalue weighted by Crippen LogP contribution is -2.30. The van der Waals surface area contributed by atoms with Crippen molar-refractivity contribution in [3.8, 4) is 0 Å². The summed E-state index contributed by atoms with van der Waals surface area (Å²) in [5.41, 5.74) is 2.13. The monoisotopic (exact) mass is 466 g/mol. The number of hydrogen-bond donors (Lipinski definition) is 2. The van der Waals surface area contributed by atoms with Crippen molar-refractivity contribution in [2.75, 3.05) is 11.1 Å². The normalized spacial score (nSPS) is 11.1. The molecule has 2 aromatic carbocycles. The SMILES string of the molecule is CCCC(=O)Nc1ccc(CNC(=O)CS(=O)(=O)Cc2ccc(Br)cc2)cc1. The Kier molecular flexibility index (Phi) is 8.19. The molecule has 0 fully saturated rings. The lowest BCUT2D eigenvalue weighted by molar-refractivity contribution is -0.119. The number of benzene rings is 2. The van der Waals surface area contributed by atoms with Gasteiger partial charge in [0.15, 0.2) is 9.84 Å². The van der Waals surface area contributed by atoms with Gasteiger partial charge in [-0.2, -0.15) is 0 Å². The fourth-order valence-electron chi connectivity index (χ4n) is 2.49. The number of amides is 2. The number of sulfone groups is 1. The van der Waals surface area contributed by atoms with Crippen LogP contribution in [-0.2, 0) is 31.7 Å². The molecule has 0 saturated heterocycles. The highest BCUT2D eigenvalue weighted by molar-refractivity contribution is 9.10. The Morgan fingerprint density at radius 2 is 1.54 bits per heavy atom. The van der Waals surface area contributed by atoms with E-state index < -0.39 is 21.5 Å². The van der Waals surface area contributed by atoms with Gasteiger partial charge in [-0.25, -0.2) is 8.42 Å². The summed E-state index contributed by atoms with van der Waals surface area (Å²) in [7, 11) is -3.55. The second kappa shape index (κ2) is 10.4. The van der Waals surface area contributed by atoms with Crippen LogP contribution in [0.5, 0.6) is 0 Å². The summed E-state index contributed by atoms with van der Waals surface area (Å²) in [5.74, 6) is -1.33. The van der Waals surface area contributed by atoms with E-state index in [9.17, 15) is 18.0 Å². The topological polar surface area (TPSA) is 92.3 Å². The summed E-state index contributed by atoms with van der Waals surface area (Å²) in [6.45, 7) is 2.15. The fraction of sp³-hybridized carbons (Fsp3) is 0.300. The summed E-state index contributed by atoms with van der Waals surface area (Å²) in [4.78, 5) is 23.6. The molecule has 2 amide bonds. The van der Waals surface area contributed by atoms with Crippen molar-refractivity contribution < 1.29 is 18.0 Å². The van der Waals surface area contributed by atoms with Gasteiger partial charge in [0.25, 0.3) is 0 Å². The molecule has 0 unspecified atom stereocenters. The number of anilines is 1. The third-order valence-electron chi connectivity index (χ3n) is 3.86. The van der Waals surface area contributed by atoms with Crippen LogP contribution in [0.2, 0.25) is 0 Å². The molecule has 0 aliphatic rings. The van der Waals surface area contributed by atoms with Gasteiger partial charge in [0, 0.05) is 23.1 Å². The average molecular weight is 467 g/mol. The van der Waals surface area contributed by atoms with Gasteiger partial charge < -0.3 is 10.6 Å². The predicted octanol–water partition coefficient (Wildman–Crippen LogP) is 3.42. The standard InChI is InChI=1S/C20H23BrN2O4S/c1-2-3-19(24)23-18-10-6-15(7-11-18)12-22-20(25)14-28(26,27)13-16-4-8-17(21)9-5-16/h4-11H,2-3,12-14H2,1H3,(H,22,25)(H,23,24). The minimum absolute atomic E-state index is 0.0421. The number of nitrogens with one attached hydrogen (secondary N) is 2. The zero-order valence-corrected chi connectivity index (χ0v) is 18.0. The van der Waals surface area contributed by atoms with Crippen LogP contribution in [0, 0.1) is 0 Å². The number of carbonyl (C=O) groups excluding carboxylic acids is 2. The molecule has 0 atom stereocenters. The molecular formula is C20H23BrN2O4S. The maximum absolute atomic E-state index is 12.2. The van der Waals surface area contributed by atoms with Gasteiger partial charge in [-0.15, -0.1) is 0 Å². The third-order valence-corrected chi connectivity index (χ3v) is 5.86. The Bertz CT molecular complexity index is 910. The van der Waals surface area contributed by atoms with Crippen molar-refractivity contribution in [1.29, 1.82) is 0 Å². The molecule has 0 aromatic heterocycles. The lowest BCUT2D eigenvalue weighted by atomic mass is 10.2. The first-order valence-electron chi connectivity index (χ1n) is 8.88. The van der Waals surface area contributed by atoms with Gasteiger partial charge in [0.2, 0.25) is 11.8 Å². The van der Waals surface area contributed by atoms with Crippen LogP contribution in [-0.4, -0.2) is 26.0 Å². The Balaban J connectivity index is 1.82. The van der Waals surface area contributed by atoms with Gasteiger partial charge in [0.05, 0.1) is 5.75 Å². The van der Waals surface area contributed by atoms with Crippen molar-refractivity contribution >= 4 is 43.3 Å². The molecule has 2 aromatic rings. The minimum atomic E-state index is -3.55. The van der Waals surface area contributed by atoms with Gasteiger partial charge in [0.1, 0.15) is 5.75 Å². The van der Waals surface area contributed by atoms with Crippen molar-refractivity contribution in [1.82, 2.24) is 5.32 Å². The molecule has 0 aliphatic carbocycles. The van der Waals surface area contributed by atoms with E-state index in [-0.39, 0.29) is 18.2 Å². The van der Waals surface area contributed by atoms with E-state index in [2.05, 4.69) is 26.6 Å². The molecular weight excluding hydrogens is 444 g/mol. The minimum Gasteiger partial charge on any atom is -0.351 e. The highest BCUT2D eigenvalue weighted by atomic mass is 79.9. The van der Waals surface area contributed by atoms with Gasteiger partial charge >= 0.3 is 0 Å². The van der Waals surface area contributed by atoms with Crippen LogP contribution in [0.15, 0.2) is 53.0 Å². The van der Waals surface area contributed by atoms with E-state index >= 15 is 0 Å². The third kappa shape index (κ3) is 7.82. The van der Waals surface area contributed by atoms with Gasteiger partial charge in [-0.3, -0.25) is 9.59 Å². The molecule has 2 rings (SSSR count). The fourth-order valence-corrected chi connectivity index (χ4v) is 4.06. The van der Waals surface area contributed by atoms with Crippen LogP contribution in [0.3, 0.4) is 0 Å². The molecule has 0 spiro atoms. The van der Waals surface area contributed by atoms with E-state index in [1.165, 1.54) is 0 Å². The lowest BCUT2D eigenvalue weighted by Gasteiger charge is -2.08. The first-order valence-corrected chi connectivity index (χ1v) is 11.5. The quantitative estimate of drug-likeness (QED) is 0.591. The second-order valence-corrected chi connectivity index (χ2v) is 9.41. The Labute approximate surface area is 173 Å². The Hall–Kier alpha value is -2.19. The second-order valence-electron chi connectivity index (χ2n) is 6.43. The highest BCUT2D eigenvalue weighted by Gasteiger charge is 2.17. The zero-order valence-electron chi connectivity index (χ0n) is 15.6. The van der Waals surface area contributed by atoms with Crippen LogP contribution >= 0.6 is 15.9 Å². The molecule has 0 heterocycles. The smallest absolute Gasteiger partial charge is 0.235 e. The number of carbonyl (C=O) groups is 2. The summed E-state index contributed by atoms with van der Waals surface area (Å²) in [6.07, 6.45) is 1.24. The summed E-state index contributed by atoms with van der Waals surface area (Å²) < 4.78 is 25.3. The van der Waals surface area contributed by atoms with Crippen molar-refractivity contribution in [2.45, 2.75) is 32.1 Å². The van der Waals surface area contributed by atoms with E-state index in [1.54, 1.807) is 48.5 Å². The van der Waals surface area contributed by atoms with Crippen molar-refractivity contribution in [3.63, 3.8) is 0 Å². The first kappa shape index (κ1) is 22.1. The summed E-state index contributed by atoms with van der Waals surface area (Å²) >= 11 is 3.30. The van der Waals surface area contributed by atoms with Crippen LogP contribution in [0.1, 0.15) is 30.9 Å². The van der Waals surface area contributed by atoms with E-state index in [1.807, 2.05) is 6.92 Å². The molecule has 2 N–H and O–H groups in total. The van der Waals surface area contributed by atoms with Gasteiger partial charge in [-0.05, 0) is 41.8 Å². The number of halogens is 1. The maximum atomic E-state index is 12.2. The van der Waals surface area contributed by atoms with Gasteiger partial charge in [-0.1, -0.05) is 47.1 Å². The molecule has 8 heteroatoms. The van der Waals surface area contributed by atoms with E-state index in [0.29, 0.717) is 17.7 Å². The molecule has 6 nitrogen and oxygen atoms in total. The van der Waals surface area contributed by atoms with Crippen molar-refractivity contribution in [3.05, 3.63) is 64.1 Å². The molecule has 0 aliphatic heterocycles. The Morgan fingerprint density at radius 1 is 0.929 bits per heavy atom. The largest absolute Gasteiger partial charge is 0.351 e. The number of rotatable bonds is 9. The summed E-state index contributed by atoms with van der Waals surface area (Å²) in [5, 5.41) is 5.40. The summed E-state index contributed by atoms with van der Waals surface area (Å²) in [6, 6.07) is 14.0. The average Bonchev–Trinajstić information content (AvgIpc) is 2.63. The van der Waals surface area contributed by atoms with Crippen molar-refractivity contribution in [2.24, 2.45) is 0 Å². The van der Waals surface area contributed by atoms with Crippen LogP contribution < -0.4 is 10.6 Å². The van der Waals surface area contributed by atoms with Crippen LogP contribution in [0.25, 0.3) is 0 Å². The Morgan fingerprint density at radius 3 is 2.14 bits per heavy atom. The molecule has 0 bridgehead atoms. The predicted molar refractivity (Wildman–Crippen MR) is 113 cm³/mol. The number of hydrogen-bond acceptors (Lipinski definition) is 4. The maximum Gasteiger partial charge on any atom is 0.235 e. The molecule has 0 saturated carbocycles. The molecule has 0 radical (unpaired) electrons.